The lowest BCUT2D eigenvalue weighted by molar-refractivity contribution is 0.0505. The predicted octanol–water partition coefficient (Wildman–Crippen LogP) is 2.30. The molecule has 2 aromatic heterocycles. The van der Waals surface area contributed by atoms with Crippen LogP contribution in [0.5, 0.6) is 0 Å². The Balaban J connectivity index is 2.17. The lowest BCUT2D eigenvalue weighted by Gasteiger charge is -2.21. The number of ether oxygens (including phenoxy) is 1. The van der Waals surface area contributed by atoms with Crippen LogP contribution in [0.2, 0.25) is 5.15 Å². The molecule has 1 atom stereocenters. The average Bonchev–Trinajstić information content (AvgIpc) is 2.85. The van der Waals surface area contributed by atoms with Gasteiger partial charge in [-0.15, -0.1) is 0 Å². The number of carbonyl (C=O) groups excluding carboxylic acids is 1. The van der Waals surface area contributed by atoms with Crippen molar-refractivity contribution in [2.24, 2.45) is 0 Å². The van der Waals surface area contributed by atoms with Crippen LogP contribution in [0.15, 0.2) is 18.7 Å². The van der Waals surface area contributed by atoms with E-state index in [0.717, 1.165) is 0 Å². The number of carbonyl (C=O) groups is 1. The maximum absolute atomic E-state index is 11.8. The second kappa shape index (κ2) is 6.27. The van der Waals surface area contributed by atoms with E-state index >= 15 is 0 Å². The van der Waals surface area contributed by atoms with Gasteiger partial charge < -0.3 is 10.1 Å². The first-order chi connectivity index (χ1) is 10.3. The molecule has 0 aliphatic rings. The number of halogens is 1. The molecule has 0 spiro atoms. The Morgan fingerprint density at radius 1 is 1.32 bits per heavy atom. The molecule has 22 heavy (non-hydrogen) atoms. The molecule has 0 aliphatic heterocycles. The topological polar surface area (TPSA) is 94.8 Å². The molecule has 118 valence electrons. The summed E-state index contributed by atoms with van der Waals surface area (Å²) in [6.07, 6.45) is 2.17. The molecule has 0 radical (unpaired) electrons. The number of amides is 1. The monoisotopic (exact) mass is 324 g/mol. The van der Waals surface area contributed by atoms with Crippen molar-refractivity contribution >= 4 is 17.7 Å². The molecule has 2 aromatic rings. The van der Waals surface area contributed by atoms with Crippen LogP contribution in [0.25, 0.3) is 5.82 Å². The summed E-state index contributed by atoms with van der Waals surface area (Å²) in [5.41, 5.74) is -0.572. The normalized spacial score (nSPS) is 12.8. The van der Waals surface area contributed by atoms with Crippen molar-refractivity contribution in [3.63, 3.8) is 0 Å². The number of hydrogen-bond acceptors (Lipinski definition) is 6. The first-order valence-electron chi connectivity index (χ1n) is 6.63. The van der Waals surface area contributed by atoms with Gasteiger partial charge in [-0.3, -0.25) is 0 Å². The van der Waals surface area contributed by atoms with Gasteiger partial charge in [0.15, 0.2) is 11.6 Å². The summed E-state index contributed by atoms with van der Waals surface area (Å²) >= 11 is 5.85. The molecule has 8 nitrogen and oxygen atoms in total. The highest BCUT2D eigenvalue weighted by Crippen LogP contribution is 2.16. The van der Waals surface area contributed by atoms with E-state index in [4.69, 9.17) is 16.3 Å². The highest BCUT2D eigenvalue weighted by atomic mass is 35.5. The minimum atomic E-state index is -0.572. The molecule has 0 bridgehead atoms. The predicted molar refractivity (Wildman–Crippen MR) is 79.7 cm³/mol. The number of nitrogens with one attached hydrogen (secondary N) is 1. The number of rotatable bonds is 3. The van der Waals surface area contributed by atoms with Crippen LogP contribution in [0.1, 0.15) is 39.6 Å². The van der Waals surface area contributed by atoms with Gasteiger partial charge >= 0.3 is 6.09 Å². The molecule has 2 heterocycles. The van der Waals surface area contributed by atoms with Crippen molar-refractivity contribution < 1.29 is 9.53 Å². The molecule has 1 N–H and O–H groups in total. The van der Waals surface area contributed by atoms with Gasteiger partial charge in [-0.2, -0.15) is 9.78 Å². The van der Waals surface area contributed by atoms with E-state index in [-0.39, 0.29) is 0 Å². The van der Waals surface area contributed by atoms with Crippen LogP contribution in [0.4, 0.5) is 4.79 Å². The standard InChI is InChI=1S/C13H17ClN6O2/c1-8(19-12(21)22-13(2,3)4)11-17-7-18-20(11)10-5-9(14)15-6-16-10/h5-8H,1-4H3,(H,19,21). The zero-order chi connectivity index (χ0) is 16.3. The highest BCUT2D eigenvalue weighted by Gasteiger charge is 2.21. The summed E-state index contributed by atoms with van der Waals surface area (Å²) in [6, 6.07) is 1.13. The average molecular weight is 325 g/mol. The van der Waals surface area contributed by atoms with E-state index < -0.39 is 17.7 Å². The van der Waals surface area contributed by atoms with E-state index in [0.29, 0.717) is 16.8 Å². The van der Waals surface area contributed by atoms with Gasteiger partial charge in [-0.25, -0.2) is 19.7 Å². The maximum Gasteiger partial charge on any atom is 0.408 e. The third-order valence-electron chi connectivity index (χ3n) is 2.53. The molecule has 9 heteroatoms. The van der Waals surface area contributed by atoms with Crippen molar-refractivity contribution in [1.29, 1.82) is 0 Å². The molecule has 0 aliphatic carbocycles. The van der Waals surface area contributed by atoms with E-state index in [9.17, 15) is 4.79 Å². The highest BCUT2D eigenvalue weighted by molar-refractivity contribution is 6.29. The summed E-state index contributed by atoms with van der Waals surface area (Å²) in [5, 5.41) is 7.09. The first kappa shape index (κ1) is 16.2. The second-order valence-corrected chi connectivity index (χ2v) is 5.98. The van der Waals surface area contributed by atoms with E-state index in [1.165, 1.54) is 17.3 Å². The van der Waals surface area contributed by atoms with E-state index in [2.05, 4.69) is 25.4 Å². The van der Waals surface area contributed by atoms with Crippen molar-refractivity contribution in [3.8, 4) is 5.82 Å². The molecular weight excluding hydrogens is 308 g/mol. The van der Waals surface area contributed by atoms with Crippen LogP contribution in [0, 0.1) is 0 Å². The smallest absolute Gasteiger partial charge is 0.408 e. The lowest BCUT2D eigenvalue weighted by Crippen LogP contribution is -2.35. The summed E-state index contributed by atoms with van der Waals surface area (Å²) in [4.78, 5) is 23.9. The zero-order valence-electron chi connectivity index (χ0n) is 12.7. The minimum absolute atomic E-state index is 0.291. The zero-order valence-corrected chi connectivity index (χ0v) is 13.5. The van der Waals surface area contributed by atoms with Crippen LogP contribution in [0.3, 0.4) is 0 Å². The first-order valence-corrected chi connectivity index (χ1v) is 7.01. The van der Waals surface area contributed by atoms with Gasteiger partial charge in [-0.1, -0.05) is 11.6 Å². The van der Waals surface area contributed by atoms with Crippen molar-refractivity contribution in [1.82, 2.24) is 30.0 Å². The van der Waals surface area contributed by atoms with Crippen molar-refractivity contribution in [3.05, 3.63) is 29.7 Å². The molecule has 1 unspecified atom stereocenters. The van der Waals surface area contributed by atoms with Gasteiger partial charge in [0.2, 0.25) is 0 Å². The maximum atomic E-state index is 11.8. The summed E-state index contributed by atoms with van der Waals surface area (Å²) in [6.45, 7) is 7.15. The Morgan fingerprint density at radius 2 is 2.05 bits per heavy atom. The van der Waals surface area contributed by atoms with Crippen LogP contribution >= 0.6 is 11.6 Å². The summed E-state index contributed by atoms with van der Waals surface area (Å²) < 4.78 is 6.70. The van der Waals surface area contributed by atoms with E-state index in [1.54, 1.807) is 33.8 Å². The summed E-state index contributed by atoms with van der Waals surface area (Å²) in [5.74, 6) is 0.964. The Hall–Kier alpha value is -2.22. The second-order valence-electron chi connectivity index (χ2n) is 5.60. The molecule has 0 fully saturated rings. The summed E-state index contributed by atoms with van der Waals surface area (Å²) in [7, 11) is 0. The molecular formula is C13H17ClN6O2. The number of hydrogen-bond donors (Lipinski definition) is 1. The van der Waals surface area contributed by atoms with Gasteiger partial charge in [0.05, 0.1) is 6.04 Å². The SMILES string of the molecule is CC(NC(=O)OC(C)(C)C)c1ncnn1-c1cc(Cl)ncn1. The molecule has 1 amide bonds. The number of alkyl carbamates (subject to hydrolysis) is 1. The van der Waals surface area contributed by atoms with Crippen LogP contribution < -0.4 is 5.32 Å². The largest absolute Gasteiger partial charge is 0.444 e. The van der Waals surface area contributed by atoms with Crippen LogP contribution in [-0.2, 0) is 4.74 Å². The number of aromatic nitrogens is 5. The minimum Gasteiger partial charge on any atom is -0.444 e. The third kappa shape index (κ3) is 4.14. The Labute approximate surface area is 132 Å². The van der Waals surface area contributed by atoms with Crippen molar-refractivity contribution in [2.45, 2.75) is 39.3 Å². The Kier molecular flexibility index (Phi) is 4.60. The molecule has 2 rings (SSSR count). The lowest BCUT2D eigenvalue weighted by atomic mass is 10.2. The van der Waals surface area contributed by atoms with Gasteiger partial charge in [0, 0.05) is 6.07 Å². The molecule has 0 saturated heterocycles. The fraction of sp³-hybridized carbons (Fsp3) is 0.462. The van der Waals surface area contributed by atoms with Gasteiger partial charge in [0.1, 0.15) is 23.4 Å². The quantitative estimate of drug-likeness (QED) is 0.870. The number of nitrogens with zero attached hydrogens (tertiary/aromatic N) is 5. The van der Waals surface area contributed by atoms with E-state index in [1.807, 2.05) is 0 Å². The fourth-order valence-electron chi connectivity index (χ4n) is 1.71. The molecule has 0 aromatic carbocycles. The van der Waals surface area contributed by atoms with Crippen LogP contribution in [-0.4, -0.2) is 36.4 Å². The third-order valence-corrected chi connectivity index (χ3v) is 2.74. The Morgan fingerprint density at radius 3 is 2.68 bits per heavy atom. The van der Waals surface area contributed by atoms with Crippen molar-refractivity contribution in [2.75, 3.05) is 0 Å². The van der Waals surface area contributed by atoms with Gasteiger partial charge in [-0.05, 0) is 27.7 Å². The Bertz CT molecular complexity index is 667. The van der Waals surface area contributed by atoms with Gasteiger partial charge in [0.25, 0.3) is 0 Å². The fourth-order valence-corrected chi connectivity index (χ4v) is 1.85. The molecule has 0 saturated carbocycles.